The quantitative estimate of drug-likeness (QED) is 0.616. The average molecular weight is 329 g/mol. The zero-order valence-electron chi connectivity index (χ0n) is 11.2. The second-order valence-corrected chi connectivity index (χ2v) is 5.87. The van der Waals surface area contributed by atoms with Crippen LogP contribution in [0.15, 0.2) is 51.4 Å². The van der Waals surface area contributed by atoms with Crippen LogP contribution in [0.25, 0.3) is 11.0 Å². The molecule has 0 saturated heterocycles. The van der Waals surface area contributed by atoms with Crippen LogP contribution in [0.5, 0.6) is 0 Å². The van der Waals surface area contributed by atoms with Crippen molar-refractivity contribution < 1.29 is 9.21 Å². The predicted molar refractivity (Wildman–Crippen MR) is 83.3 cm³/mol. The van der Waals surface area contributed by atoms with E-state index in [0.717, 1.165) is 26.6 Å². The minimum atomic E-state index is -0.0926. The smallest absolute Gasteiger partial charge is 0.228 e. The van der Waals surface area contributed by atoms with E-state index in [1.807, 2.05) is 50.2 Å². The molecule has 20 heavy (non-hydrogen) atoms. The molecular formula is C17H13BrO2. The number of carbonyl (C=O) groups excluding carboxylic acids is 1. The van der Waals surface area contributed by atoms with Crippen molar-refractivity contribution in [3.8, 4) is 0 Å². The molecule has 0 fully saturated rings. The van der Waals surface area contributed by atoms with Crippen LogP contribution in [0.2, 0.25) is 0 Å². The van der Waals surface area contributed by atoms with Gasteiger partial charge in [0, 0.05) is 15.4 Å². The van der Waals surface area contributed by atoms with Gasteiger partial charge in [0.15, 0.2) is 5.76 Å². The topological polar surface area (TPSA) is 30.2 Å². The van der Waals surface area contributed by atoms with E-state index in [0.29, 0.717) is 11.3 Å². The summed E-state index contributed by atoms with van der Waals surface area (Å²) >= 11 is 3.42. The van der Waals surface area contributed by atoms with E-state index in [9.17, 15) is 4.79 Å². The number of fused-ring (bicyclic) bond motifs is 1. The number of halogens is 1. The van der Waals surface area contributed by atoms with Gasteiger partial charge in [-0.3, -0.25) is 4.79 Å². The van der Waals surface area contributed by atoms with Crippen molar-refractivity contribution in [1.82, 2.24) is 0 Å². The van der Waals surface area contributed by atoms with Gasteiger partial charge in [-0.25, -0.2) is 0 Å². The first-order valence-corrected chi connectivity index (χ1v) is 7.15. The van der Waals surface area contributed by atoms with Crippen LogP contribution in [0.4, 0.5) is 0 Å². The Morgan fingerprint density at radius 2 is 1.90 bits per heavy atom. The van der Waals surface area contributed by atoms with Gasteiger partial charge in [-0.15, -0.1) is 0 Å². The molecule has 100 valence electrons. The van der Waals surface area contributed by atoms with E-state index in [2.05, 4.69) is 15.9 Å². The first-order chi connectivity index (χ1) is 9.54. The molecule has 0 unspecified atom stereocenters. The number of carbonyl (C=O) groups is 1. The summed E-state index contributed by atoms with van der Waals surface area (Å²) in [5.74, 6) is 0.289. The van der Waals surface area contributed by atoms with E-state index in [4.69, 9.17) is 4.42 Å². The molecule has 3 rings (SSSR count). The maximum Gasteiger partial charge on any atom is 0.228 e. The van der Waals surface area contributed by atoms with Gasteiger partial charge < -0.3 is 4.42 Å². The molecule has 0 radical (unpaired) electrons. The summed E-state index contributed by atoms with van der Waals surface area (Å²) in [6.45, 7) is 3.94. The Labute approximate surface area is 125 Å². The van der Waals surface area contributed by atoms with Crippen molar-refractivity contribution in [2.45, 2.75) is 13.8 Å². The van der Waals surface area contributed by atoms with Crippen molar-refractivity contribution >= 4 is 32.7 Å². The van der Waals surface area contributed by atoms with Crippen LogP contribution in [0.1, 0.15) is 27.2 Å². The van der Waals surface area contributed by atoms with E-state index in [1.54, 1.807) is 6.07 Å². The van der Waals surface area contributed by atoms with Crippen LogP contribution >= 0.6 is 15.9 Å². The van der Waals surface area contributed by atoms with Crippen molar-refractivity contribution in [2.24, 2.45) is 0 Å². The fourth-order valence-electron chi connectivity index (χ4n) is 2.33. The zero-order valence-corrected chi connectivity index (χ0v) is 12.8. The molecule has 0 amide bonds. The minimum absolute atomic E-state index is 0.0926. The van der Waals surface area contributed by atoms with Gasteiger partial charge in [0.1, 0.15) is 5.58 Å². The molecule has 3 aromatic rings. The lowest BCUT2D eigenvalue weighted by molar-refractivity contribution is 0.101. The van der Waals surface area contributed by atoms with Crippen molar-refractivity contribution in [3.63, 3.8) is 0 Å². The Balaban J connectivity index is 2.10. The number of para-hydroxylation sites is 1. The standard InChI is InChI=1S/C17H13BrO2/c1-10-6-13(8-14(18)7-10)16(19)15-9-12-5-3-4-11(2)17(12)20-15/h3-9H,1-2H3. The lowest BCUT2D eigenvalue weighted by Gasteiger charge is -2.01. The number of furan rings is 1. The Hall–Kier alpha value is -1.87. The van der Waals surface area contributed by atoms with E-state index >= 15 is 0 Å². The molecule has 0 saturated carbocycles. The summed E-state index contributed by atoms with van der Waals surface area (Å²) in [7, 11) is 0. The first kappa shape index (κ1) is 13.1. The average Bonchev–Trinajstić information content (AvgIpc) is 2.82. The fraction of sp³-hybridized carbons (Fsp3) is 0.118. The van der Waals surface area contributed by atoms with E-state index in [1.165, 1.54) is 0 Å². The molecule has 0 spiro atoms. The highest BCUT2D eigenvalue weighted by atomic mass is 79.9. The molecule has 1 aromatic heterocycles. The molecule has 0 aliphatic heterocycles. The van der Waals surface area contributed by atoms with Gasteiger partial charge in [-0.2, -0.15) is 0 Å². The molecule has 0 atom stereocenters. The van der Waals surface area contributed by atoms with Gasteiger partial charge >= 0.3 is 0 Å². The Bertz CT molecular complexity index is 795. The number of aryl methyl sites for hydroxylation is 2. The maximum absolute atomic E-state index is 12.5. The van der Waals surface area contributed by atoms with Gasteiger partial charge in [0.05, 0.1) is 0 Å². The zero-order chi connectivity index (χ0) is 14.3. The number of rotatable bonds is 2. The lowest BCUT2D eigenvalue weighted by Crippen LogP contribution is -1.99. The number of ketones is 1. The van der Waals surface area contributed by atoms with Crippen molar-refractivity contribution in [3.05, 3.63) is 69.4 Å². The molecule has 1 heterocycles. The van der Waals surface area contributed by atoms with Crippen molar-refractivity contribution in [2.75, 3.05) is 0 Å². The molecular weight excluding hydrogens is 316 g/mol. The summed E-state index contributed by atoms with van der Waals surface area (Å²) in [5, 5.41) is 0.958. The molecule has 2 nitrogen and oxygen atoms in total. The molecule has 0 N–H and O–H groups in total. The largest absolute Gasteiger partial charge is 0.452 e. The fourth-order valence-corrected chi connectivity index (χ4v) is 2.94. The summed E-state index contributed by atoms with van der Waals surface area (Å²) in [4.78, 5) is 12.5. The van der Waals surface area contributed by atoms with Crippen LogP contribution in [-0.4, -0.2) is 5.78 Å². The third-order valence-electron chi connectivity index (χ3n) is 3.27. The van der Waals surface area contributed by atoms with Crippen LogP contribution in [-0.2, 0) is 0 Å². The van der Waals surface area contributed by atoms with Gasteiger partial charge in [-0.05, 0) is 49.2 Å². The number of benzene rings is 2. The summed E-state index contributed by atoms with van der Waals surface area (Å²) in [6, 6.07) is 13.4. The lowest BCUT2D eigenvalue weighted by atomic mass is 10.1. The third kappa shape index (κ3) is 2.29. The normalized spacial score (nSPS) is 10.9. The van der Waals surface area contributed by atoms with Crippen molar-refractivity contribution in [1.29, 1.82) is 0 Å². The summed E-state index contributed by atoms with van der Waals surface area (Å²) in [6.07, 6.45) is 0. The molecule has 0 aliphatic rings. The van der Waals surface area contributed by atoms with E-state index in [-0.39, 0.29) is 5.78 Å². The minimum Gasteiger partial charge on any atom is -0.452 e. The SMILES string of the molecule is Cc1cc(Br)cc(C(=O)c2cc3cccc(C)c3o2)c1. The highest BCUT2D eigenvalue weighted by molar-refractivity contribution is 9.10. The second-order valence-electron chi connectivity index (χ2n) is 4.95. The number of hydrogen-bond acceptors (Lipinski definition) is 2. The monoisotopic (exact) mass is 328 g/mol. The molecule has 0 bridgehead atoms. The van der Waals surface area contributed by atoms with Crippen LogP contribution < -0.4 is 0 Å². The summed E-state index contributed by atoms with van der Waals surface area (Å²) < 4.78 is 6.63. The Morgan fingerprint density at radius 1 is 1.10 bits per heavy atom. The highest BCUT2D eigenvalue weighted by Crippen LogP contribution is 2.25. The third-order valence-corrected chi connectivity index (χ3v) is 3.73. The first-order valence-electron chi connectivity index (χ1n) is 6.35. The molecule has 2 aromatic carbocycles. The van der Waals surface area contributed by atoms with Gasteiger partial charge in [0.25, 0.3) is 0 Å². The molecule has 0 aliphatic carbocycles. The second kappa shape index (κ2) is 4.91. The number of hydrogen-bond donors (Lipinski definition) is 0. The van der Waals surface area contributed by atoms with Gasteiger partial charge in [0.2, 0.25) is 5.78 Å². The van der Waals surface area contributed by atoms with Crippen LogP contribution in [0.3, 0.4) is 0 Å². The maximum atomic E-state index is 12.5. The Kier molecular flexibility index (Phi) is 3.22. The predicted octanol–water partition coefficient (Wildman–Crippen LogP) is 5.04. The Morgan fingerprint density at radius 3 is 2.60 bits per heavy atom. The highest BCUT2D eigenvalue weighted by Gasteiger charge is 2.16. The van der Waals surface area contributed by atoms with Gasteiger partial charge in [-0.1, -0.05) is 34.1 Å². The van der Waals surface area contributed by atoms with E-state index < -0.39 is 0 Å². The molecule has 3 heteroatoms. The van der Waals surface area contributed by atoms with Crippen LogP contribution in [0, 0.1) is 13.8 Å². The summed E-state index contributed by atoms with van der Waals surface area (Å²) in [5.41, 5.74) is 3.48.